The molecule has 2 aliphatic rings. The van der Waals surface area contributed by atoms with Crippen LogP contribution in [0.5, 0.6) is 0 Å². The molecule has 2 heterocycles. The van der Waals surface area contributed by atoms with Gasteiger partial charge in [0.2, 0.25) is 11.8 Å². The van der Waals surface area contributed by atoms with E-state index >= 15 is 0 Å². The summed E-state index contributed by atoms with van der Waals surface area (Å²) in [5, 5.41) is 2.94. The van der Waals surface area contributed by atoms with Crippen molar-refractivity contribution in [1.29, 1.82) is 0 Å². The first-order valence-electron chi connectivity index (χ1n) is 9.61. The number of nitrogens with one attached hydrogen (secondary N) is 1. The summed E-state index contributed by atoms with van der Waals surface area (Å²) in [6.45, 7) is 7.10. The molecular weight excluding hydrogens is 352 g/mol. The maximum atomic E-state index is 13.4. The van der Waals surface area contributed by atoms with Crippen LogP contribution < -0.4 is 10.2 Å². The molecule has 1 aromatic carbocycles. The Kier molecular flexibility index (Phi) is 6.09. The highest BCUT2D eigenvalue weighted by Crippen LogP contribution is 2.26. The van der Waals surface area contributed by atoms with Crippen LogP contribution in [0, 0.1) is 23.5 Å². The third kappa shape index (κ3) is 4.83. The molecule has 7 heteroatoms. The number of carbonyl (C=O) groups is 2. The summed E-state index contributed by atoms with van der Waals surface area (Å²) in [4.78, 5) is 28.4. The van der Waals surface area contributed by atoms with Crippen LogP contribution in [0.3, 0.4) is 0 Å². The van der Waals surface area contributed by atoms with E-state index in [2.05, 4.69) is 24.1 Å². The Morgan fingerprint density at radius 3 is 2.63 bits per heavy atom. The minimum atomic E-state index is -0.740. The van der Waals surface area contributed by atoms with Gasteiger partial charge in [0, 0.05) is 43.9 Å². The Morgan fingerprint density at radius 1 is 1.26 bits per heavy atom. The molecule has 3 atom stereocenters. The van der Waals surface area contributed by atoms with Crippen molar-refractivity contribution in [3.8, 4) is 0 Å². The normalized spacial score (nSPS) is 24.9. The van der Waals surface area contributed by atoms with Crippen LogP contribution in [-0.2, 0) is 9.59 Å². The van der Waals surface area contributed by atoms with Gasteiger partial charge < -0.3 is 10.2 Å². The van der Waals surface area contributed by atoms with Crippen LogP contribution in [0.4, 0.5) is 14.5 Å². The average molecular weight is 379 g/mol. The van der Waals surface area contributed by atoms with Crippen LogP contribution >= 0.6 is 0 Å². The first-order chi connectivity index (χ1) is 12.8. The zero-order chi connectivity index (χ0) is 19.6. The van der Waals surface area contributed by atoms with E-state index in [-0.39, 0.29) is 36.5 Å². The van der Waals surface area contributed by atoms with Crippen LogP contribution in [0.1, 0.15) is 33.1 Å². The van der Waals surface area contributed by atoms with Crippen molar-refractivity contribution >= 4 is 17.5 Å². The highest BCUT2D eigenvalue weighted by atomic mass is 19.1. The first-order valence-corrected chi connectivity index (χ1v) is 9.61. The zero-order valence-corrected chi connectivity index (χ0v) is 15.9. The average Bonchev–Trinajstić information content (AvgIpc) is 3.00. The van der Waals surface area contributed by atoms with Gasteiger partial charge >= 0.3 is 0 Å². The second-order valence-corrected chi connectivity index (χ2v) is 7.87. The lowest BCUT2D eigenvalue weighted by Crippen LogP contribution is -2.47. The Morgan fingerprint density at radius 2 is 1.96 bits per heavy atom. The molecule has 0 spiro atoms. The fourth-order valence-electron chi connectivity index (χ4n) is 3.98. The lowest BCUT2D eigenvalue weighted by molar-refractivity contribution is -0.126. The van der Waals surface area contributed by atoms with Crippen molar-refractivity contribution < 1.29 is 18.4 Å². The highest BCUT2D eigenvalue weighted by molar-refractivity contribution is 6.00. The number of carbonyl (C=O) groups excluding carboxylic acids is 2. The zero-order valence-electron chi connectivity index (χ0n) is 15.9. The summed E-state index contributed by atoms with van der Waals surface area (Å²) in [6.07, 6.45) is 2.48. The number of amides is 2. The number of likely N-dealkylation sites (tertiary alicyclic amines) is 1. The maximum Gasteiger partial charge on any atom is 0.227 e. The summed E-state index contributed by atoms with van der Waals surface area (Å²) in [5.41, 5.74) is 0.156. The van der Waals surface area contributed by atoms with Crippen molar-refractivity contribution in [3.05, 3.63) is 29.8 Å². The second kappa shape index (κ2) is 8.33. The quantitative estimate of drug-likeness (QED) is 0.856. The molecule has 2 saturated heterocycles. The van der Waals surface area contributed by atoms with Gasteiger partial charge in [0.15, 0.2) is 0 Å². The van der Waals surface area contributed by atoms with E-state index in [1.54, 1.807) is 0 Å². The molecule has 0 radical (unpaired) electrons. The van der Waals surface area contributed by atoms with Crippen molar-refractivity contribution in [2.45, 2.75) is 39.2 Å². The number of hydrogen-bond donors (Lipinski definition) is 1. The van der Waals surface area contributed by atoms with Crippen molar-refractivity contribution in [2.75, 3.05) is 31.1 Å². The Balaban J connectivity index is 1.54. The van der Waals surface area contributed by atoms with Gasteiger partial charge in [0.05, 0.1) is 5.92 Å². The maximum absolute atomic E-state index is 13.4. The van der Waals surface area contributed by atoms with E-state index in [1.165, 1.54) is 17.7 Å². The number of benzene rings is 1. The summed E-state index contributed by atoms with van der Waals surface area (Å²) >= 11 is 0. The summed E-state index contributed by atoms with van der Waals surface area (Å²) in [5.74, 6) is -1.79. The molecule has 0 bridgehead atoms. The molecule has 0 saturated carbocycles. The number of rotatable bonds is 5. The Hall–Kier alpha value is -2.02. The van der Waals surface area contributed by atoms with E-state index in [0.717, 1.165) is 31.3 Å². The predicted molar refractivity (Wildman–Crippen MR) is 99.3 cm³/mol. The third-order valence-corrected chi connectivity index (χ3v) is 5.54. The number of halogens is 2. The molecule has 2 amide bonds. The van der Waals surface area contributed by atoms with Crippen LogP contribution in [0.2, 0.25) is 0 Å². The lowest BCUT2D eigenvalue weighted by Gasteiger charge is -2.35. The number of hydrogen-bond acceptors (Lipinski definition) is 3. The van der Waals surface area contributed by atoms with Crippen molar-refractivity contribution in [2.24, 2.45) is 11.8 Å². The van der Waals surface area contributed by atoms with E-state index in [0.29, 0.717) is 12.5 Å². The number of piperidine rings is 1. The highest BCUT2D eigenvalue weighted by Gasteiger charge is 2.35. The van der Waals surface area contributed by atoms with Gasteiger partial charge in [-0.05, 0) is 44.4 Å². The SMILES string of the molecule is CC1CCCN(C(C)CNC(=O)C2CC(=O)N(c3cc(F)cc(F)c3)C2)C1. The fraction of sp³-hybridized carbons (Fsp3) is 0.600. The molecule has 27 heavy (non-hydrogen) atoms. The van der Waals surface area contributed by atoms with Crippen molar-refractivity contribution in [1.82, 2.24) is 10.2 Å². The van der Waals surface area contributed by atoms with E-state index in [1.807, 2.05) is 0 Å². The van der Waals surface area contributed by atoms with E-state index in [4.69, 9.17) is 0 Å². The monoisotopic (exact) mass is 379 g/mol. The third-order valence-electron chi connectivity index (χ3n) is 5.54. The van der Waals surface area contributed by atoms with Crippen LogP contribution in [0.15, 0.2) is 18.2 Å². The molecule has 3 unspecified atom stereocenters. The summed E-state index contributed by atoms with van der Waals surface area (Å²) in [7, 11) is 0. The molecule has 148 valence electrons. The van der Waals surface area contributed by atoms with Crippen LogP contribution in [0.25, 0.3) is 0 Å². The van der Waals surface area contributed by atoms with E-state index < -0.39 is 17.6 Å². The fourth-order valence-corrected chi connectivity index (χ4v) is 3.98. The summed E-state index contributed by atoms with van der Waals surface area (Å²) < 4.78 is 26.8. The minimum absolute atomic E-state index is 0.0547. The second-order valence-electron chi connectivity index (χ2n) is 7.87. The smallest absolute Gasteiger partial charge is 0.227 e. The molecular formula is C20H27F2N3O2. The molecule has 5 nitrogen and oxygen atoms in total. The minimum Gasteiger partial charge on any atom is -0.354 e. The topological polar surface area (TPSA) is 52.7 Å². The van der Waals surface area contributed by atoms with Gasteiger partial charge in [-0.3, -0.25) is 14.5 Å². The largest absolute Gasteiger partial charge is 0.354 e. The summed E-state index contributed by atoms with van der Waals surface area (Å²) in [6, 6.07) is 3.22. The molecule has 2 aliphatic heterocycles. The molecule has 0 aliphatic carbocycles. The molecule has 3 rings (SSSR count). The first kappa shape index (κ1) is 19.7. The molecule has 1 aromatic rings. The van der Waals surface area contributed by atoms with Gasteiger partial charge in [-0.1, -0.05) is 6.92 Å². The van der Waals surface area contributed by atoms with Gasteiger partial charge in [-0.25, -0.2) is 8.78 Å². The van der Waals surface area contributed by atoms with Gasteiger partial charge in [0.25, 0.3) is 0 Å². The number of nitrogens with zero attached hydrogens (tertiary/aromatic N) is 2. The van der Waals surface area contributed by atoms with Gasteiger partial charge in [-0.15, -0.1) is 0 Å². The van der Waals surface area contributed by atoms with Gasteiger partial charge in [-0.2, -0.15) is 0 Å². The van der Waals surface area contributed by atoms with Crippen LogP contribution in [-0.4, -0.2) is 48.9 Å². The molecule has 2 fully saturated rings. The Bertz CT molecular complexity index is 692. The standard InChI is InChI=1S/C20H27F2N3O2/c1-13-4-3-5-24(11-13)14(2)10-23-20(27)15-6-19(26)25(12-15)18-8-16(21)7-17(22)9-18/h7-9,13-15H,3-6,10-12H2,1-2H3,(H,23,27). The van der Waals surface area contributed by atoms with Crippen molar-refractivity contribution in [3.63, 3.8) is 0 Å². The molecule has 1 N–H and O–H groups in total. The molecule has 0 aromatic heterocycles. The number of anilines is 1. The predicted octanol–water partition coefficient (Wildman–Crippen LogP) is 2.55. The van der Waals surface area contributed by atoms with E-state index in [9.17, 15) is 18.4 Å². The lowest BCUT2D eigenvalue weighted by atomic mass is 9.99. The Labute approximate surface area is 158 Å². The van der Waals surface area contributed by atoms with Gasteiger partial charge in [0.1, 0.15) is 11.6 Å².